The lowest BCUT2D eigenvalue weighted by Gasteiger charge is -2.16. The van der Waals surface area contributed by atoms with Crippen molar-refractivity contribution in [2.75, 3.05) is 20.2 Å². The molecule has 2 aliphatic rings. The number of fused-ring (bicyclic) bond motifs is 1. The van der Waals surface area contributed by atoms with E-state index in [1.807, 2.05) is 19.1 Å². The molecule has 2 saturated heterocycles. The molecule has 2 amide bonds. The van der Waals surface area contributed by atoms with Gasteiger partial charge in [0.15, 0.2) is 0 Å². The maximum absolute atomic E-state index is 13.6. The van der Waals surface area contributed by atoms with Crippen LogP contribution in [0, 0.1) is 6.92 Å². The average molecular weight is 730 g/mol. The van der Waals surface area contributed by atoms with Gasteiger partial charge in [0.2, 0.25) is 5.91 Å². The molecule has 3 aromatic heterocycles. The van der Waals surface area contributed by atoms with E-state index in [2.05, 4.69) is 79.1 Å². The van der Waals surface area contributed by atoms with Crippen LogP contribution >= 0.6 is 47.1 Å². The Bertz CT molecular complexity index is 1910. The van der Waals surface area contributed by atoms with Crippen molar-refractivity contribution in [1.82, 2.24) is 14.2 Å². The summed E-state index contributed by atoms with van der Waals surface area (Å²) in [6, 6.07) is 18.8. The van der Waals surface area contributed by atoms with Crippen LogP contribution in [-0.2, 0) is 16.0 Å². The molecular weight excluding hydrogens is 687 g/mol. The van der Waals surface area contributed by atoms with E-state index in [0.717, 1.165) is 44.6 Å². The van der Waals surface area contributed by atoms with Crippen molar-refractivity contribution in [3.8, 4) is 16.9 Å². The fourth-order valence-corrected chi connectivity index (χ4v) is 10.4. The van der Waals surface area contributed by atoms with Gasteiger partial charge in [0.25, 0.3) is 5.91 Å². The minimum Gasteiger partial charge on any atom is -0.497 e. The standard InChI is InChI=1S/C39H43N3O3S4/c1-5-7-8-9-10-12-24-42-37(44)35(49-39(42)46)38-40(6-2)36(43)33(48-38)25-30-20-19-29(47-30)21-22-32-34(27-15-17-28(45-4)18-16-27)26(3)31-14-11-13-23-41(31)32/h11,13-23,33H,5-10,12,24-25H2,1-4H3/b22-21+,38-35+. The predicted octanol–water partition coefficient (Wildman–Crippen LogP) is 10.1. The maximum Gasteiger partial charge on any atom is 0.268 e. The van der Waals surface area contributed by atoms with E-state index in [1.165, 1.54) is 65.9 Å². The Morgan fingerprint density at radius 1 is 0.918 bits per heavy atom. The normalized spacial score (nSPS) is 18.3. The summed E-state index contributed by atoms with van der Waals surface area (Å²) in [7, 11) is 1.68. The summed E-state index contributed by atoms with van der Waals surface area (Å²) in [5, 5.41) is 0.491. The summed E-state index contributed by atoms with van der Waals surface area (Å²) >= 11 is 10.2. The number of carbonyl (C=O) groups excluding carboxylic acids is 2. The van der Waals surface area contributed by atoms with Gasteiger partial charge >= 0.3 is 0 Å². The van der Waals surface area contributed by atoms with E-state index in [9.17, 15) is 9.59 Å². The van der Waals surface area contributed by atoms with Crippen LogP contribution in [0.1, 0.15) is 73.4 Å². The van der Waals surface area contributed by atoms with Crippen LogP contribution in [0.15, 0.2) is 70.7 Å². The van der Waals surface area contributed by atoms with Crippen molar-refractivity contribution in [2.24, 2.45) is 0 Å². The zero-order chi connectivity index (χ0) is 34.5. The number of hydrogen-bond acceptors (Lipinski definition) is 7. The zero-order valence-electron chi connectivity index (χ0n) is 28.6. The fourth-order valence-electron chi connectivity index (χ4n) is 6.52. The van der Waals surface area contributed by atoms with Gasteiger partial charge in [-0.3, -0.25) is 14.5 Å². The molecular formula is C39H43N3O3S4. The van der Waals surface area contributed by atoms with Crippen LogP contribution in [0.4, 0.5) is 0 Å². The minimum atomic E-state index is -0.272. The Kier molecular flexibility index (Phi) is 11.7. The van der Waals surface area contributed by atoms with Crippen LogP contribution in [0.5, 0.6) is 5.75 Å². The highest BCUT2D eigenvalue weighted by Gasteiger charge is 2.43. The Hall–Kier alpha value is -3.31. The van der Waals surface area contributed by atoms with Crippen molar-refractivity contribution < 1.29 is 14.3 Å². The number of pyridine rings is 1. The highest BCUT2D eigenvalue weighted by atomic mass is 32.2. The van der Waals surface area contributed by atoms with Crippen molar-refractivity contribution in [3.05, 3.63) is 91.7 Å². The molecule has 2 aliphatic heterocycles. The number of thioether (sulfide) groups is 2. The molecule has 6 nitrogen and oxygen atoms in total. The summed E-state index contributed by atoms with van der Waals surface area (Å²) in [5.41, 5.74) is 5.85. The number of aromatic nitrogens is 1. The molecule has 0 bridgehead atoms. The second-order valence-corrected chi connectivity index (χ2v) is 16.4. The largest absolute Gasteiger partial charge is 0.497 e. The van der Waals surface area contributed by atoms with Crippen LogP contribution in [0.3, 0.4) is 0 Å². The fraction of sp³-hybridized carbons (Fsp3) is 0.359. The second kappa shape index (κ2) is 16.1. The zero-order valence-corrected chi connectivity index (χ0v) is 31.8. The monoisotopic (exact) mass is 729 g/mol. The number of hydrogen-bond donors (Lipinski definition) is 0. The van der Waals surface area contributed by atoms with Crippen molar-refractivity contribution in [1.29, 1.82) is 0 Å². The summed E-state index contributed by atoms with van der Waals surface area (Å²) in [5.74, 6) is 0.845. The predicted molar refractivity (Wildman–Crippen MR) is 212 cm³/mol. The molecule has 10 heteroatoms. The molecule has 0 saturated carbocycles. The third-order valence-electron chi connectivity index (χ3n) is 9.12. The number of nitrogens with zero attached hydrogens (tertiary/aromatic N) is 3. The lowest BCUT2D eigenvalue weighted by molar-refractivity contribution is -0.127. The lowest BCUT2D eigenvalue weighted by atomic mass is 10.0. The number of rotatable bonds is 14. The Balaban J connectivity index is 1.17. The van der Waals surface area contributed by atoms with E-state index in [0.29, 0.717) is 28.7 Å². The van der Waals surface area contributed by atoms with Crippen molar-refractivity contribution in [2.45, 2.75) is 71.0 Å². The smallest absolute Gasteiger partial charge is 0.268 e. The lowest BCUT2D eigenvalue weighted by Crippen LogP contribution is -2.31. The van der Waals surface area contributed by atoms with E-state index in [4.69, 9.17) is 17.0 Å². The molecule has 256 valence electrons. The number of thiophene rings is 1. The number of unbranched alkanes of at least 4 members (excludes halogenated alkanes) is 5. The van der Waals surface area contributed by atoms with E-state index in [1.54, 1.807) is 28.2 Å². The topological polar surface area (TPSA) is 54.3 Å². The van der Waals surface area contributed by atoms with Gasteiger partial charge in [-0.1, -0.05) is 93.0 Å². The van der Waals surface area contributed by atoms with Gasteiger partial charge in [0.05, 0.1) is 23.1 Å². The first kappa shape index (κ1) is 35.5. The maximum atomic E-state index is 13.6. The molecule has 4 aromatic rings. The highest BCUT2D eigenvalue weighted by molar-refractivity contribution is 8.27. The molecule has 2 fully saturated rings. The molecule has 49 heavy (non-hydrogen) atoms. The minimum absolute atomic E-state index is 0.0522. The molecule has 0 radical (unpaired) electrons. The number of methoxy groups -OCH3 is 1. The third kappa shape index (κ3) is 7.58. The molecule has 5 heterocycles. The quantitative estimate of drug-likeness (QED) is 0.0732. The first-order valence-electron chi connectivity index (χ1n) is 17.1. The van der Waals surface area contributed by atoms with E-state index < -0.39 is 0 Å². The van der Waals surface area contributed by atoms with Crippen LogP contribution in [-0.4, -0.2) is 55.8 Å². The van der Waals surface area contributed by atoms with Crippen LogP contribution in [0.2, 0.25) is 0 Å². The van der Waals surface area contributed by atoms with Gasteiger partial charge in [-0.15, -0.1) is 11.3 Å². The Morgan fingerprint density at radius 3 is 2.45 bits per heavy atom. The molecule has 1 unspecified atom stereocenters. The molecule has 0 spiro atoms. The third-order valence-corrected chi connectivity index (χ3v) is 13.1. The van der Waals surface area contributed by atoms with Gasteiger partial charge in [0, 0.05) is 46.5 Å². The first-order chi connectivity index (χ1) is 23.8. The molecule has 6 rings (SSSR count). The summed E-state index contributed by atoms with van der Waals surface area (Å²) in [6.07, 6.45) is 14.0. The number of amides is 2. The van der Waals surface area contributed by atoms with E-state index in [-0.39, 0.29) is 17.1 Å². The van der Waals surface area contributed by atoms with Gasteiger partial charge in [-0.25, -0.2) is 0 Å². The van der Waals surface area contributed by atoms with Gasteiger partial charge < -0.3 is 14.0 Å². The summed E-state index contributed by atoms with van der Waals surface area (Å²) in [4.78, 5) is 33.5. The van der Waals surface area contributed by atoms with Crippen LogP contribution < -0.4 is 4.74 Å². The average Bonchev–Trinajstić information content (AvgIpc) is 3.85. The number of thiocarbonyl (C=S) groups is 1. The van der Waals surface area contributed by atoms with E-state index >= 15 is 0 Å². The molecule has 1 atom stereocenters. The molecule has 1 aromatic carbocycles. The first-order valence-corrected chi connectivity index (χ1v) is 20.0. The van der Waals surface area contributed by atoms with Gasteiger partial charge in [-0.2, -0.15) is 0 Å². The highest BCUT2D eigenvalue weighted by Crippen LogP contribution is 2.45. The van der Waals surface area contributed by atoms with Crippen LogP contribution in [0.25, 0.3) is 28.8 Å². The second-order valence-electron chi connectivity index (χ2n) is 12.3. The van der Waals surface area contributed by atoms with Crippen molar-refractivity contribution in [3.63, 3.8) is 0 Å². The summed E-state index contributed by atoms with van der Waals surface area (Å²) < 4.78 is 8.24. The summed E-state index contributed by atoms with van der Waals surface area (Å²) in [6.45, 7) is 7.53. The van der Waals surface area contributed by atoms with Gasteiger partial charge in [-0.05, 0) is 79.9 Å². The number of benzene rings is 1. The molecule has 0 N–H and O–H groups in total. The number of aryl methyl sites for hydroxylation is 1. The Labute approximate surface area is 307 Å². The van der Waals surface area contributed by atoms with Crippen molar-refractivity contribution >= 4 is 80.9 Å². The Morgan fingerprint density at radius 2 is 1.69 bits per heavy atom. The SMILES string of the molecule is CCCCCCCCN1C(=O)/C(=C2\SC(Cc3ccc(/C=C/c4c(-c5ccc(OC)cc5)c(C)c5ccccn45)s3)C(=O)N2CC)SC1=S. The number of carbonyl (C=O) groups is 2. The van der Waals surface area contributed by atoms with Gasteiger partial charge in [0.1, 0.15) is 15.0 Å². The molecule has 0 aliphatic carbocycles. The number of ether oxygens (including phenoxy) is 1.